The minimum atomic E-state index is -1.04. The maximum atomic E-state index is 10.5. The molecular formula is C30H33ClN2O6S. The number of rotatable bonds is 15. The highest BCUT2D eigenvalue weighted by Crippen LogP contribution is 2.52. The average Bonchev–Trinajstić information content (AvgIpc) is 3.72. The lowest BCUT2D eigenvalue weighted by molar-refractivity contribution is -0.0794. The van der Waals surface area contributed by atoms with Gasteiger partial charge in [-0.3, -0.25) is 4.98 Å². The number of amides is 1. The summed E-state index contributed by atoms with van der Waals surface area (Å²) in [6.45, 7) is 2.94. The SMILES string of the molecule is O=C(O)NCCOCCSc1ccc(Cl)c(CCOC2(c3cnccc3-c3ccccc3OC3COC3)CC2)c1. The molecule has 3 aromatic rings. The first kappa shape index (κ1) is 28.7. The topological polar surface area (TPSA) is 99.1 Å². The van der Waals surface area contributed by atoms with Gasteiger partial charge in [-0.05, 0) is 60.7 Å². The summed E-state index contributed by atoms with van der Waals surface area (Å²) < 4.78 is 23.5. The fourth-order valence-electron chi connectivity index (χ4n) is 4.59. The molecule has 10 heteroatoms. The fourth-order valence-corrected chi connectivity index (χ4v) is 5.63. The number of para-hydroxylation sites is 1. The summed E-state index contributed by atoms with van der Waals surface area (Å²) in [5, 5.41) is 11.6. The van der Waals surface area contributed by atoms with Crippen LogP contribution in [0.3, 0.4) is 0 Å². The zero-order valence-electron chi connectivity index (χ0n) is 22.1. The van der Waals surface area contributed by atoms with E-state index >= 15 is 0 Å². The lowest BCUT2D eigenvalue weighted by Crippen LogP contribution is -2.38. The third-order valence-electron chi connectivity index (χ3n) is 6.88. The van der Waals surface area contributed by atoms with Crippen LogP contribution in [-0.2, 0) is 26.2 Å². The molecule has 2 aromatic carbocycles. The third kappa shape index (κ3) is 7.47. The summed E-state index contributed by atoms with van der Waals surface area (Å²) in [5.41, 5.74) is 3.89. The number of aromatic nitrogens is 1. The zero-order chi connectivity index (χ0) is 27.8. The zero-order valence-corrected chi connectivity index (χ0v) is 23.7. The second-order valence-electron chi connectivity index (χ2n) is 9.73. The number of hydrogen-bond donors (Lipinski definition) is 2. The number of nitrogens with zero attached hydrogens (tertiary/aromatic N) is 1. The molecule has 1 saturated carbocycles. The Labute approximate surface area is 243 Å². The van der Waals surface area contributed by atoms with E-state index in [0.717, 1.165) is 56.5 Å². The molecule has 2 aliphatic rings. The van der Waals surface area contributed by atoms with Crippen LogP contribution in [0.15, 0.2) is 65.8 Å². The van der Waals surface area contributed by atoms with Crippen LogP contribution in [0.2, 0.25) is 5.02 Å². The van der Waals surface area contributed by atoms with Crippen LogP contribution in [0.25, 0.3) is 11.1 Å². The number of nitrogens with one attached hydrogen (secondary N) is 1. The molecule has 2 fully saturated rings. The molecule has 2 N–H and O–H groups in total. The highest BCUT2D eigenvalue weighted by Gasteiger charge is 2.47. The maximum Gasteiger partial charge on any atom is 0.404 e. The number of ether oxygens (including phenoxy) is 4. The number of benzene rings is 2. The normalized spacial score (nSPS) is 15.8. The monoisotopic (exact) mass is 584 g/mol. The molecular weight excluding hydrogens is 552 g/mol. The number of hydrogen-bond acceptors (Lipinski definition) is 7. The van der Waals surface area contributed by atoms with Crippen molar-refractivity contribution in [3.05, 3.63) is 77.1 Å². The van der Waals surface area contributed by atoms with Gasteiger partial charge in [0, 0.05) is 45.7 Å². The number of carbonyl (C=O) groups is 1. The Kier molecular flexibility index (Phi) is 9.83. The summed E-state index contributed by atoms with van der Waals surface area (Å²) in [6, 6.07) is 16.2. The van der Waals surface area contributed by atoms with E-state index in [-0.39, 0.29) is 18.2 Å². The van der Waals surface area contributed by atoms with Gasteiger partial charge >= 0.3 is 6.09 Å². The Morgan fingerprint density at radius 3 is 2.75 bits per heavy atom. The Hall–Kier alpha value is -2.82. The van der Waals surface area contributed by atoms with Crippen LogP contribution in [0.5, 0.6) is 5.75 Å². The molecule has 1 aliphatic carbocycles. The molecule has 0 atom stereocenters. The van der Waals surface area contributed by atoms with Gasteiger partial charge in [-0.2, -0.15) is 0 Å². The Balaban J connectivity index is 1.18. The predicted octanol–water partition coefficient (Wildman–Crippen LogP) is 5.80. The minimum Gasteiger partial charge on any atom is -0.485 e. The van der Waals surface area contributed by atoms with Crippen LogP contribution < -0.4 is 10.1 Å². The molecule has 40 heavy (non-hydrogen) atoms. The molecule has 0 bridgehead atoms. The number of carboxylic acid groups (broad SMARTS) is 1. The van der Waals surface area contributed by atoms with E-state index in [2.05, 4.69) is 22.4 Å². The summed E-state index contributed by atoms with van der Waals surface area (Å²) in [4.78, 5) is 16.0. The first-order chi connectivity index (χ1) is 19.5. The van der Waals surface area contributed by atoms with Crippen molar-refractivity contribution in [3.63, 3.8) is 0 Å². The third-order valence-corrected chi connectivity index (χ3v) is 8.21. The lowest BCUT2D eigenvalue weighted by Gasteiger charge is -2.28. The number of thioether (sulfide) groups is 1. The van der Waals surface area contributed by atoms with Crippen molar-refractivity contribution >= 4 is 29.5 Å². The van der Waals surface area contributed by atoms with E-state index in [0.29, 0.717) is 39.5 Å². The second kappa shape index (κ2) is 13.7. The van der Waals surface area contributed by atoms with E-state index in [4.69, 9.17) is 35.7 Å². The van der Waals surface area contributed by atoms with Crippen LogP contribution in [0, 0.1) is 0 Å². The minimum absolute atomic E-state index is 0.0879. The van der Waals surface area contributed by atoms with Crippen LogP contribution in [-0.4, -0.2) is 67.6 Å². The molecule has 8 nitrogen and oxygen atoms in total. The van der Waals surface area contributed by atoms with Crippen LogP contribution in [0.4, 0.5) is 4.79 Å². The summed E-state index contributed by atoms with van der Waals surface area (Å²) >= 11 is 8.20. The fraction of sp³-hybridized carbons (Fsp3) is 0.400. The smallest absolute Gasteiger partial charge is 0.404 e. The molecule has 1 aromatic heterocycles. The van der Waals surface area contributed by atoms with Crippen LogP contribution >= 0.6 is 23.4 Å². The first-order valence-electron chi connectivity index (χ1n) is 13.4. The molecule has 0 spiro atoms. The summed E-state index contributed by atoms with van der Waals surface area (Å²) in [5.74, 6) is 1.61. The van der Waals surface area contributed by atoms with E-state index in [1.807, 2.05) is 48.8 Å². The maximum absolute atomic E-state index is 10.5. The highest BCUT2D eigenvalue weighted by atomic mass is 35.5. The Bertz CT molecular complexity index is 1300. The summed E-state index contributed by atoms with van der Waals surface area (Å²) in [7, 11) is 0. The van der Waals surface area contributed by atoms with Crippen LogP contribution in [0.1, 0.15) is 24.0 Å². The molecule has 1 aliphatic heterocycles. The van der Waals surface area contributed by atoms with Gasteiger partial charge in [0.05, 0.1) is 38.6 Å². The van der Waals surface area contributed by atoms with Gasteiger partial charge in [-0.25, -0.2) is 4.79 Å². The van der Waals surface area contributed by atoms with Crippen molar-refractivity contribution in [2.75, 3.05) is 45.3 Å². The summed E-state index contributed by atoms with van der Waals surface area (Å²) in [6.07, 6.45) is 5.37. The van der Waals surface area contributed by atoms with Crippen molar-refractivity contribution in [3.8, 4) is 16.9 Å². The van der Waals surface area contributed by atoms with Gasteiger partial charge in [0.1, 0.15) is 11.9 Å². The van der Waals surface area contributed by atoms with E-state index in [1.165, 1.54) is 0 Å². The lowest BCUT2D eigenvalue weighted by atomic mass is 9.96. The second-order valence-corrected chi connectivity index (χ2v) is 11.3. The molecule has 1 amide bonds. The molecule has 0 unspecified atom stereocenters. The van der Waals surface area contributed by atoms with Crippen molar-refractivity contribution < 1.29 is 28.8 Å². The Morgan fingerprint density at radius 2 is 1.98 bits per heavy atom. The number of halogens is 1. The first-order valence-corrected chi connectivity index (χ1v) is 14.8. The predicted molar refractivity (Wildman–Crippen MR) is 154 cm³/mol. The standard InChI is InChI=1S/C30H33ClN2O6S/c31-27-6-5-23(40-16-15-36-14-12-33-29(34)35)17-21(27)8-13-38-30(9-10-30)26-18-32-11-7-24(26)25-3-1-2-4-28(25)39-22-19-37-20-22/h1-7,11,17-18,22,33H,8-10,12-16,19-20H2,(H,34,35). The van der Waals surface area contributed by atoms with Gasteiger partial charge in [0.15, 0.2) is 0 Å². The molecule has 0 radical (unpaired) electrons. The molecule has 1 saturated heterocycles. The molecule has 5 rings (SSSR count). The van der Waals surface area contributed by atoms with Crippen molar-refractivity contribution in [1.82, 2.24) is 10.3 Å². The van der Waals surface area contributed by atoms with Gasteiger partial charge in [0.2, 0.25) is 0 Å². The average molecular weight is 585 g/mol. The van der Waals surface area contributed by atoms with Gasteiger partial charge in [-0.1, -0.05) is 29.8 Å². The quantitative estimate of drug-likeness (QED) is 0.171. The van der Waals surface area contributed by atoms with E-state index < -0.39 is 6.09 Å². The highest BCUT2D eigenvalue weighted by molar-refractivity contribution is 7.99. The number of pyridine rings is 1. The van der Waals surface area contributed by atoms with Gasteiger partial charge in [0.25, 0.3) is 0 Å². The largest absolute Gasteiger partial charge is 0.485 e. The Morgan fingerprint density at radius 1 is 1.12 bits per heavy atom. The van der Waals surface area contributed by atoms with Crippen molar-refractivity contribution in [2.45, 2.75) is 35.9 Å². The molecule has 2 heterocycles. The van der Waals surface area contributed by atoms with Gasteiger partial charge in [-0.15, -0.1) is 11.8 Å². The van der Waals surface area contributed by atoms with E-state index in [9.17, 15) is 4.79 Å². The van der Waals surface area contributed by atoms with Crippen molar-refractivity contribution in [2.24, 2.45) is 0 Å². The van der Waals surface area contributed by atoms with Crippen molar-refractivity contribution in [1.29, 1.82) is 0 Å². The van der Waals surface area contributed by atoms with E-state index in [1.54, 1.807) is 11.8 Å². The van der Waals surface area contributed by atoms with Gasteiger partial charge < -0.3 is 29.4 Å². The molecule has 212 valence electrons.